The number of nitrogens with zero attached hydrogens (tertiary/aromatic N) is 2. The molecule has 0 saturated heterocycles. The maximum Gasteiger partial charge on any atom is 0.257 e. The number of hydrogen-bond acceptors (Lipinski definition) is 3. The van der Waals surface area contributed by atoms with Crippen LogP contribution < -0.4 is 15.4 Å². The number of carbonyl (C=O) groups excluding carboxylic acids is 1. The van der Waals surface area contributed by atoms with Gasteiger partial charge in [0, 0.05) is 33.7 Å². The predicted octanol–water partition coefficient (Wildman–Crippen LogP) is 2.01. The van der Waals surface area contributed by atoms with Gasteiger partial charge in [0.05, 0.1) is 0 Å². The molecule has 1 aromatic carbocycles. The fourth-order valence-corrected chi connectivity index (χ4v) is 2.21. The largest absolute Gasteiger partial charge is 0.484 e. The van der Waals surface area contributed by atoms with Crippen LogP contribution in [0.15, 0.2) is 29.3 Å². The highest BCUT2D eigenvalue weighted by Gasteiger charge is 2.06. The molecule has 1 aromatic rings. The first-order valence-electron chi connectivity index (χ1n) is 8.50. The molecule has 24 heavy (non-hydrogen) atoms. The van der Waals surface area contributed by atoms with E-state index in [-0.39, 0.29) is 12.5 Å². The molecule has 1 amide bonds. The first-order chi connectivity index (χ1) is 11.6. The van der Waals surface area contributed by atoms with Crippen LogP contribution in [0.1, 0.15) is 32.3 Å². The van der Waals surface area contributed by atoms with E-state index in [9.17, 15) is 4.79 Å². The van der Waals surface area contributed by atoms with Gasteiger partial charge in [-0.3, -0.25) is 9.79 Å². The van der Waals surface area contributed by atoms with E-state index >= 15 is 0 Å². The summed E-state index contributed by atoms with van der Waals surface area (Å²) in [7, 11) is 3.83. The summed E-state index contributed by atoms with van der Waals surface area (Å²) in [5.74, 6) is 1.45. The summed E-state index contributed by atoms with van der Waals surface area (Å²) in [6.45, 7) is 6.33. The lowest BCUT2D eigenvalue weighted by atomic mass is 10.2. The van der Waals surface area contributed by atoms with Crippen LogP contribution in [0.3, 0.4) is 0 Å². The number of guanidine groups is 1. The minimum absolute atomic E-state index is 0.0339. The van der Waals surface area contributed by atoms with Gasteiger partial charge < -0.3 is 20.3 Å². The number of likely N-dealkylation sites (N-methyl/N-ethyl adjacent to an activating group) is 1. The van der Waals surface area contributed by atoms with Crippen LogP contribution in [0.5, 0.6) is 5.75 Å². The van der Waals surface area contributed by atoms with Gasteiger partial charge in [0.15, 0.2) is 12.6 Å². The van der Waals surface area contributed by atoms with Gasteiger partial charge in [-0.15, -0.1) is 0 Å². The topological polar surface area (TPSA) is 66.0 Å². The molecule has 0 unspecified atom stereocenters. The van der Waals surface area contributed by atoms with Gasteiger partial charge in [-0.05, 0) is 31.0 Å². The Morgan fingerprint density at radius 1 is 1.29 bits per heavy atom. The summed E-state index contributed by atoms with van der Waals surface area (Å²) in [4.78, 5) is 17.9. The molecule has 0 aliphatic heterocycles. The highest BCUT2D eigenvalue weighted by atomic mass is 16.5. The molecule has 0 fully saturated rings. The number of carbonyl (C=O) groups is 1. The summed E-state index contributed by atoms with van der Waals surface area (Å²) in [6.07, 6.45) is 2.30. The highest BCUT2D eigenvalue weighted by Crippen LogP contribution is 2.13. The third kappa shape index (κ3) is 7.35. The minimum atomic E-state index is -0.112. The number of benzene rings is 1. The number of aliphatic imine (C=N–C) groups is 1. The molecule has 0 heterocycles. The van der Waals surface area contributed by atoms with E-state index < -0.39 is 0 Å². The van der Waals surface area contributed by atoms with Gasteiger partial charge in [0.1, 0.15) is 5.75 Å². The number of unbranched alkanes of at least 4 members (excludes halogenated alkanes) is 1. The van der Waals surface area contributed by atoms with Crippen molar-refractivity contribution in [2.24, 2.45) is 4.99 Å². The van der Waals surface area contributed by atoms with E-state index in [1.165, 1.54) is 0 Å². The number of rotatable bonds is 9. The highest BCUT2D eigenvalue weighted by molar-refractivity contribution is 5.79. The van der Waals surface area contributed by atoms with Gasteiger partial charge in [-0.1, -0.05) is 25.5 Å². The molecule has 134 valence electrons. The van der Waals surface area contributed by atoms with E-state index in [2.05, 4.69) is 27.4 Å². The van der Waals surface area contributed by atoms with E-state index in [0.29, 0.717) is 18.8 Å². The van der Waals surface area contributed by atoms with Crippen molar-refractivity contribution in [2.75, 3.05) is 33.8 Å². The molecule has 0 atom stereocenters. The number of nitrogens with one attached hydrogen (secondary N) is 2. The van der Waals surface area contributed by atoms with Crippen LogP contribution in [-0.2, 0) is 11.3 Å². The Bertz CT molecular complexity index is 532. The summed E-state index contributed by atoms with van der Waals surface area (Å²) in [5.41, 5.74) is 1.08. The van der Waals surface area contributed by atoms with Crippen molar-refractivity contribution in [3.05, 3.63) is 29.8 Å². The maximum absolute atomic E-state index is 11.4. The summed E-state index contributed by atoms with van der Waals surface area (Å²) >= 11 is 0. The summed E-state index contributed by atoms with van der Waals surface area (Å²) in [6, 6.07) is 7.73. The Kier molecular flexibility index (Phi) is 9.34. The molecular weight excluding hydrogens is 304 g/mol. The monoisotopic (exact) mass is 334 g/mol. The molecule has 0 radical (unpaired) electrons. The van der Waals surface area contributed by atoms with Crippen LogP contribution >= 0.6 is 0 Å². The second-order valence-electron chi connectivity index (χ2n) is 5.57. The first kappa shape index (κ1) is 19.8. The second kappa shape index (κ2) is 11.3. The van der Waals surface area contributed by atoms with Gasteiger partial charge in [0.2, 0.25) is 0 Å². The third-order valence-electron chi connectivity index (χ3n) is 3.51. The fraction of sp³-hybridized carbons (Fsp3) is 0.556. The SMILES string of the molecule is CCCCN(C)C(=NC)NCc1cccc(OCC(=O)NCC)c1. The van der Waals surface area contributed by atoms with E-state index in [1.807, 2.05) is 38.2 Å². The number of amides is 1. The Balaban J connectivity index is 2.53. The Morgan fingerprint density at radius 2 is 2.08 bits per heavy atom. The minimum Gasteiger partial charge on any atom is -0.484 e. The quantitative estimate of drug-likeness (QED) is 0.535. The standard InChI is InChI=1S/C18H30N4O2/c1-5-7-11-22(4)18(19-3)21-13-15-9-8-10-16(12-15)24-14-17(23)20-6-2/h8-10,12H,5-7,11,13-14H2,1-4H3,(H,19,21)(H,20,23). The van der Waals surface area contributed by atoms with Crippen molar-refractivity contribution in [3.63, 3.8) is 0 Å². The van der Waals surface area contributed by atoms with Crippen molar-refractivity contribution in [1.29, 1.82) is 0 Å². The van der Waals surface area contributed by atoms with Crippen LogP contribution in [0.25, 0.3) is 0 Å². The van der Waals surface area contributed by atoms with Gasteiger partial charge in [-0.25, -0.2) is 0 Å². The molecule has 0 aromatic heterocycles. The third-order valence-corrected chi connectivity index (χ3v) is 3.51. The zero-order valence-corrected chi connectivity index (χ0v) is 15.3. The van der Waals surface area contributed by atoms with Crippen molar-refractivity contribution < 1.29 is 9.53 Å². The van der Waals surface area contributed by atoms with E-state index in [4.69, 9.17) is 4.74 Å². The molecule has 2 N–H and O–H groups in total. The molecular formula is C18H30N4O2. The lowest BCUT2D eigenvalue weighted by Crippen LogP contribution is -2.38. The maximum atomic E-state index is 11.4. The van der Waals surface area contributed by atoms with Crippen LogP contribution in [0.2, 0.25) is 0 Å². The second-order valence-corrected chi connectivity index (χ2v) is 5.57. The molecule has 6 heteroatoms. The molecule has 6 nitrogen and oxygen atoms in total. The molecule has 0 saturated carbocycles. The zero-order valence-electron chi connectivity index (χ0n) is 15.3. The Labute approximate surface area is 145 Å². The van der Waals surface area contributed by atoms with Gasteiger partial charge >= 0.3 is 0 Å². The molecule has 0 bridgehead atoms. The molecule has 0 aliphatic carbocycles. The van der Waals surface area contributed by atoms with E-state index in [1.54, 1.807) is 7.05 Å². The average Bonchev–Trinajstić information content (AvgIpc) is 2.59. The lowest BCUT2D eigenvalue weighted by Gasteiger charge is -2.22. The van der Waals surface area contributed by atoms with Gasteiger partial charge in [-0.2, -0.15) is 0 Å². The normalized spacial score (nSPS) is 11.1. The molecule has 1 rings (SSSR count). The fourth-order valence-electron chi connectivity index (χ4n) is 2.21. The van der Waals surface area contributed by atoms with Crippen LogP contribution in [0.4, 0.5) is 0 Å². The van der Waals surface area contributed by atoms with Crippen LogP contribution in [-0.4, -0.2) is 50.6 Å². The Hall–Kier alpha value is -2.24. The van der Waals surface area contributed by atoms with Crippen LogP contribution in [0, 0.1) is 0 Å². The predicted molar refractivity (Wildman–Crippen MR) is 98.4 cm³/mol. The lowest BCUT2D eigenvalue weighted by molar-refractivity contribution is -0.122. The molecule has 0 spiro atoms. The zero-order chi connectivity index (χ0) is 17.8. The van der Waals surface area contributed by atoms with Crippen molar-refractivity contribution >= 4 is 11.9 Å². The van der Waals surface area contributed by atoms with Gasteiger partial charge in [0.25, 0.3) is 5.91 Å². The van der Waals surface area contributed by atoms with E-state index in [0.717, 1.165) is 30.9 Å². The number of hydrogen-bond donors (Lipinski definition) is 2. The molecule has 0 aliphatic rings. The summed E-state index contributed by atoms with van der Waals surface area (Å²) in [5, 5.41) is 6.06. The van der Waals surface area contributed by atoms with Crippen molar-refractivity contribution in [1.82, 2.24) is 15.5 Å². The van der Waals surface area contributed by atoms with Crippen molar-refractivity contribution in [3.8, 4) is 5.75 Å². The summed E-state index contributed by atoms with van der Waals surface area (Å²) < 4.78 is 5.51. The van der Waals surface area contributed by atoms with Crippen molar-refractivity contribution in [2.45, 2.75) is 33.2 Å². The number of ether oxygens (including phenoxy) is 1. The smallest absolute Gasteiger partial charge is 0.257 e. The average molecular weight is 334 g/mol. The first-order valence-corrected chi connectivity index (χ1v) is 8.50. The Morgan fingerprint density at radius 3 is 2.75 bits per heavy atom.